The Hall–Kier alpha value is -0.160. The maximum atomic E-state index is 13.8. The molecule has 0 fully saturated rings. The van der Waals surface area contributed by atoms with E-state index in [0.29, 0.717) is 12.8 Å². The molecular formula is C23H47FO3S. The second-order valence-electron chi connectivity index (χ2n) is 8.17. The first-order valence-electron chi connectivity index (χ1n) is 12.1. The number of hydrogen-bond donors (Lipinski definition) is 0. The van der Waals surface area contributed by atoms with Crippen LogP contribution >= 0.6 is 0 Å². The highest BCUT2D eigenvalue weighted by atomic mass is 32.2. The van der Waals surface area contributed by atoms with Crippen molar-refractivity contribution in [2.24, 2.45) is 0 Å². The highest BCUT2D eigenvalue weighted by Crippen LogP contribution is 2.17. The third-order valence-corrected chi connectivity index (χ3v) is 6.70. The molecule has 0 aliphatic heterocycles. The van der Waals surface area contributed by atoms with Crippen molar-refractivity contribution in [1.82, 2.24) is 0 Å². The fourth-order valence-corrected chi connectivity index (χ4v) is 4.37. The molecule has 0 saturated heterocycles. The number of hydrogen-bond acceptors (Lipinski definition) is 3. The molecule has 0 aliphatic rings. The van der Waals surface area contributed by atoms with Gasteiger partial charge < -0.3 is 0 Å². The Kier molecular flexibility index (Phi) is 20.0. The maximum Gasteiger partial charge on any atom is 0.299 e. The van der Waals surface area contributed by atoms with Crippen LogP contribution in [0.4, 0.5) is 4.39 Å². The summed E-state index contributed by atoms with van der Waals surface area (Å²) in [4.78, 5) is 0. The van der Waals surface area contributed by atoms with Gasteiger partial charge in [0.25, 0.3) is 10.1 Å². The monoisotopic (exact) mass is 422 g/mol. The smallest absolute Gasteiger partial charge is 0.268 e. The van der Waals surface area contributed by atoms with Crippen LogP contribution in [0.1, 0.15) is 136 Å². The quantitative estimate of drug-likeness (QED) is 0.131. The van der Waals surface area contributed by atoms with Crippen LogP contribution < -0.4 is 0 Å². The number of halogens is 1. The third-order valence-electron chi connectivity index (χ3n) is 5.34. The van der Waals surface area contributed by atoms with E-state index in [1.54, 1.807) is 0 Å². The van der Waals surface area contributed by atoms with Crippen LogP contribution in [-0.2, 0) is 14.3 Å². The van der Waals surface area contributed by atoms with E-state index in [-0.39, 0.29) is 13.0 Å². The van der Waals surface area contributed by atoms with Crippen molar-refractivity contribution in [3.8, 4) is 0 Å². The summed E-state index contributed by atoms with van der Waals surface area (Å²) in [6.07, 6.45) is 20.9. The lowest BCUT2D eigenvalue weighted by molar-refractivity contribution is 0.270. The fourth-order valence-electron chi connectivity index (χ4n) is 3.42. The third kappa shape index (κ3) is 17.9. The van der Waals surface area contributed by atoms with Gasteiger partial charge in [0, 0.05) is 0 Å². The Morgan fingerprint density at radius 2 is 0.964 bits per heavy atom. The van der Waals surface area contributed by atoms with Gasteiger partial charge in [-0.2, -0.15) is 8.42 Å². The lowest BCUT2D eigenvalue weighted by Gasteiger charge is -2.10. The van der Waals surface area contributed by atoms with Gasteiger partial charge in [0.1, 0.15) is 0 Å². The van der Waals surface area contributed by atoms with E-state index < -0.39 is 15.6 Å². The topological polar surface area (TPSA) is 43.4 Å². The van der Waals surface area contributed by atoms with Gasteiger partial charge in [-0.1, -0.05) is 117 Å². The fraction of sp³-hybridized carbons (Fsp3) is 1.00. The zero-order valence-corrected chi connectivity index (χ0v) is 19.5. The minimum absolute atomic E-state index is 0.0602. The molecule has 1 atom stereocenters. The normalized spacial score (nSPS) is 13.1. The average molecular weight is 423 g/mol. The predicted octanol–water partition coefficient (Wildman–Crippen LogP) is 8.08. The molecule has 5 heteroatoms. The molecular weight excluding hydrogens is 375 g/mol. The summed E-state index contributed by atoms with van der Waals surface area (Å²) in [5.41, 5.74) is -1.86. The van der Waals surface area contributed by atoms with E-state index in [9.17, 15) is 12.8 Å². The zero-order chi connectivity index (χ0) is 20.9. The standard InChI is InChI=1S/C23H47FO3S/c1-3-5-7-9-10-11-12-13-14-15-16-18-20-22-27-28(25,26)23(24)21-19-17-8-6-4-2/h23H,3-22H2,1-2H3. The molecule has 0 bridgehead atoms. The van der Waals surface area contributed by atoms with Crippen LogP contribution in [0.3, 0.4) is 0 Å². The molecule has 0 aromatic heterocycles. The predicted molar refractivity (Wildman–Crippen MR) is 119 cm³/mol. The van der Waals surface area contributed by atoms with E-state index in [2.05, 4.69) is 13.8 Å². The summed E-state index contributed by atoms with van der Waals surface area (Å²) in [6, 6.07) is 0. The molecule has 0 rings (SSSR count). The molecule has 1 unspecified atom stereocenters. The highest BCUT2D eigenvalue weighted by molar-refractivity contribution is 7.87. The molecule has 0 spiro atoms. The summed E-state index contributed by atoms with van der Waals surface area (Å²) in [5.74, 6) is 0. The first-order chi connectivity index (χ1) is 13.5. The molecule has 0 aliphatic carbocycles. The molecule has 0 N–H and O–H groups in total. The van der Waals surface area contributed by atoms with Gasteiger partial charge in [-0.25, -0.2) is 4.39 Å². The second kappa shape index (κ2) is 20.1. The van der Waals surface area contributed by atoms with E-state index in [1.807, 2.05) is 0 Å². The largest absolute Gasteiger partial charge is 0.299 e. The first kappa shape index (κ1) is 27.8. The molecule has 0 aromatic rings. The van der Waals surface area contributed by atoms with E-state index in [0.717, 1.165) is 38.5 Å². The zero-order valence-electron chi connectivity index (χ0n) is 18.7. The van der Waals surface area contributed by atoms with Gasteiger partial charge >= 0.3 is 0 Å². The SMILES string of the molecule is CCCCCCCCCCCCCCCOS(=O)(=O)C(F)CCCCCCC. The van der Waals surface area contributed by atoms with Gasteiger partial charge in [0.05, 0.1) is 6.61 Å². The minimum Gasteiger partial charge on any atom is -0.268 e. The van der Waals surface area contributed by atoms with Gasteiger partial charge in [0.15, 0.2) is 0 Å². The summed E-state index contributed by atoms with van der Waals surface area (Å²) in [6.45, 7) is 4.49. The molecule has 3 nitrogen and oxygen atoms in total. The number of unbranched alkanes of at least 4 members (excludes halogenated alkanes) is 16. The van der Waals surface area contributed by atoms with E-state index in [1.165, 1.54) is 64.2 Å². The summed E-state index contributed by atoms with van der Waals surface area (Å²) < 4.78 is 42.3. The molecule has 0 aromatic carbocycles. The van der Waals surface area contributed by atoms with Crippen molar-refractivity contribution in [2.75, 3.05) is 6.61 Å². The van der Waals surface area contributed by atoms with Crippen molar-refractivity contribution in [1.29, 1.82) is 0 Å². The van der Waals surface area contributed by atoms with Crippen LogP contribution in [0.2, 0.25) is 0 Å². The Bertz CT molecular complexity index is 412. The Labute approximate surface area is 175 Å². The van der Waals surface area contributed by atoms with Gasteiger partial charge in [0.2, 0.25) is 5.50 Å². The number of rotatable bonds is 22. The summed E-state index contributed by atoms with van der Waals surface area (Å²) in [7, 11) is -4.04. The Balaban J connectivity index is 3.44. The maximum absolute atomic E-state index is 13.8. The van der Waals surface area contributed by atoms with Crippen molar-refractivity contribution in [2.45, 2.75) is 141 Å². The lowest BCUT2D eigenvalue weighted by Crippen LogP contribution is -2.19. The first-order valence-corrected chi connectivity index (χ1v) is 13.5. The van der Waals surface area contributed by atoms with Gasteiger partial charge in [-0.05, 0) is 19.3 Å². The van der Waals surface area contributed by atoms with Crippen LogP contribution in [0.5, 0.6) is 0 Å². The molecule has 28 heavy (non-hydrogen) atoms. The average Bonchev–Trinajstić information content (AvgIpc) is 2.67. The molecule has 0 amide bonds. The van der Waals surface area contributed by atoms with Gasteiger partial charge in [-0.3, -0.25) is 4.18 Å². The molecule has 170 valence electrons. The Morgan fingerprint density at radius 3 is 1.39 bits per heavy atom. The van der Waals surface area contributed by atoms with Gasteiger partial charge in [-0.15, -0.1) is 0 Å². The molecule has 0 heterocycles. The van der Waals surface area contributed by atoms with Crippen LogP contribution in [-0.4, -0.2) is 20.5 Å². The van der Waals surface area contributed by atoms with Crippen molar-refractivity contribution in [3.05, 3.63) is 0 Å². The molecule has 0 radical (unpaired) electrons. The minimum atomic E-state index is -4.04. The van der Waals surface area contributed by atoms with Crippen molar-refractivity contribution < 1.29 is 17.0 Å². The summed E-state index contributed by atoms with van der Waals surface area (Å²) in [5, 5.41) is 0. The van der Waals surface area contributed by atoms with Crippen LogP contribution in [0, 0.1) is 0 Å². The summed E-state index contributed by atoms with van der Waals surface area (Å²) >= 11 is 0. The van der Waals surface area contributed by atoms with Crippen molar-refractivity contribution in [3.63, 3.8) is 0 Å². The van der Waals surface area contributed by atoms with Crippen LogP contribution in [0.25, 0.3) is 0 Å². The Morgan fingerprint density at radius 1 is 0.607 bits per heavy atom. The highest BCUT2D eigenvalue weighted by Gasteiger charge is 2.25. The van der Waals surface area contributed by atoms with E-state index >= 15 is 0 Å². The van der Waals surface area contributed by atoms with E-state index in [4.69, 9.17) is 4.18 Å². The molecule has 0 saturated carbocycles. The number of alkyl halides is 1. The second-order valence-corrected chi connectivity index (χ2v) is 9.90. The van der Waals surface area contributed by atoms with Crippen LogP contribution in [0.15, 0.2) is 0 Å². The lowest BCUT2D eigenvalue weighted by atomic mass is 10.0. The van der Waals surface area contributed by atoms with Crippen molar-refractivity contribution >= 4 is 10.1 Å².